The SMILES string of the molecule is Cc1noc([C@H]2CSCN2)n1. The Bertz CT molecular complexity index is 244. The van der Waals surface area contributed by atoms with Gasteiger partial charge in [-0.2, -0.15) is 4.98 Å². The van der Waals surface area contributed by atoms with Gasteiger partial charge in [-0.25, -0.2) is 0 Å². The maximum absolute atomic E-state index is 5.01. The smallest absolute Gasteiger partial charge is 0.244 e. The number of nitrogens with one attached hydrogen (secondary N) is 1. The lowest BCUT2D eigenvalue weighted by Gasteiger charge is -1.99. The number of aryl methyl sites for hydroxylation is 1. The van der Waals surface area contributed by atoms with Crippen molar-refractivity contribution in [2.24, 2.45) is 0 Å². The summed E-state index contributed by atoms with van der Waals surface area (Å²) < 4.78 is 5.01. The van der Waals surface area contributed by atoms with Crippen molar-refractivity contribution in [3.63, 3.8) is 0 Å². The fourth-order valence-electron chi connectivity index (χ4n) is 1.01. The molecule has 2 rings (SSSR count). The summed E-state index contributed by atoms with van der Waals surface area (Å²) in [7, 11) is 0. The highest BCUT2D eigenvalue weighted by atomic mass is 32.2. The van der Waals surface area contributed by atoms with Crippen LogP contribution in [0.4, 0.5) is 0 Å². The number of hydrogen-bond acceptors (Lipinski definition) is 5. The van der Waals surface area contributed by atoms with Gasteiger partial charge in [0.05, 0.1) is 6.04 Å². The first-order valence-electron chi connectivity index (χ1n) is 3.47. The molecule has 0 amide bonds. The lowest BCUT2D eigenvalue weighted by molar-refractivity contribution is 0.348. The monoisotopic (exact) mass is 171 g/mol. The van der Waals surface area contributed by atoms with E-state index in [4.69, 9.17) is 4.52 Å². The second-order valence-corrected chi connectivity index (χ2v) is 3.48. The minimum Gasteiger partial charge on any atom is -0.338 e. The highest BCUT2D eigenvalue weighted by Gasteiger charge is 2.21. The number of hydrogen-bond donors (Lipinski definition) is 1. The van der Waals surface area contributed by atoms with Crippen molar-refractivity contribution >= 4 is 11.8 Å². The first-order chi connectivity index (χ1) is 5.36. The summed E-state index contributed by atoms with van der Waals surface area (Å²) >= 11 is 1.85. The van der Waals surface area contributed by atoms with E-state index in [0.29, 0.717) is 11.7 Å². The molecule has 1 aliphatic heterocycles. The number of aromatic nitrogens is 2. The first kappa shape index (κ1) is 7.12. The molecule has 0 bridgehead atoms. The van der Waals surface area contributed by atoms with Gasteiger partial charge >= 0.3 is 0 Å². The van der Waals surface area contributed by atoms with Crippen LogP contribution in [0.1, 0.15) is 17.8 Å². The van der Waals surface area contributed by atoms with E-state index in [2.05, 4.69) is 15.5 Å². The normalized spacial score (nSPS) is 24.3. The molecule has 5 heteroatoms. The van der Waals surface area contributed by atoms with E-state index in [0.717, 1.165) is 11.6 Å². The van der Waals surface area contributed by atoms with Gasteiger partial charge in [0.2, 0.25) is 5.89 Å². The summed E-state index contributed by atoms with van der Waals surface area (Å²) in [6, 6.07) is 0.265. The summed E-state index contributed by atoms with van der Waals surface area (Å²) in [5, 5.41) is 6.98. The molecule has 2 heterocycles. The standard InChI is InChI=1S/C6H9N3OS/c1-4-8-6(10-9-4)5-2-11-3-7-5/h5,7H,2-3H2,1H3/t5-/m1/s1. The summed E-state index contributed by atoms with van der Waals surface area (Å²) in [6.07, 6.45) is 0. The Hall–Kier alpha value is -0.550. The molecule has 0 unspecified atom stereocenters. The third-order valence-electron chi connectivity index (χ3n) is 1.56. The molecule has 0 spiro atoms. The molecule has 0 aromatic carbocycles. The molecule has 11 heavy (non-hydrogen) atoms. The average Bonchev–Trinajstić information content (AvgIpc) is 2.55. The van der Waals surface area contributed by atoms with Gasteiger partial charge in [-0.3, -0.25) is 5.32 Å². The lowest BCUT2D eigenvalue weighted by atomic mass is 10.3. The number of nitrogens with zero attached hydrogens (tertiary/aromatic N) is 2. The summed E-state index contributed by atoms with van der Waals surface area (Å²) in [5.41, 5.74) is 0. The minimum absolute atomic E-state index is 0.265. The van der Waals surface area contributed by atoms with E-state index in [1.54, 1.807) is 0 Å². The summed E-state index contributed by atoms with van der Waals surface area (Å²) in [5.74, 6) is 3.43. The Kier molecular flexibility index (Phi) is 1.83. The van der Waals surface area contributed by atoms with Crippen molar-refractivity contribution in [1.29, 1.82) is 0 Å². The third-order valence-corrected chi connectivity index (χ3v) is 2.50. The zero-order valence-corrected chi connectivity index (χ0v) is 7.02. The maximum atomic E-state index is 5.01. The molecule has 1 aromatic heterocycles. The molecule has 60 valence electrons. The molecular weight excluding hydrogens is 162 g/mol. The predicted octanol–water partition coefficient (Wildman–Crippen LogP) is 0.713. The zero-order valence-electron chi connectivity index (χ0n) is 6.20. The quantitative estimate of drug-likeness (QED) is 0.674. The van der Waals surface area contributed by atoms with Crippen molar-refractivity contribution in [2.75, 3.05) is 11.6 Å². The molecule has 1 aliphatic rings. The third kappa shape index (κ3) is 1.39. The van der Waals surface area contributed by atoms with Crippen LogP contribution in [-0.2, 0) is 0 Å². The van der Waals surface area contributed by atoms with E-state index >= 15 is 0 Å². The molecule has 0 aliphatic carbocycles. The molecule has 0 radical (unpaired) electrons. The number of thioether (sulfide) groups is 1. The van der Waals surface area contributed by atoms with Crippen LogP contribution in [0.2, 0.25) is 0 Å². The van der Waals surface area contributed by atoms with Crippen molar-refractivity contribution in [2.45, 2.75) is 13.0 Å². The van der Waals surface area contributed by atoms with Gasteiger partial charge in [-0.05, 0) is 6.92 Å². The Morgan fingerprint density at radius 1 is 1.73 bits per heavy atom. The van der Waals surface area contributed by atoms with Crippen molar-refractivity contribution in [1.82, 2.24) is 15.5 Å². The van der Waals surface area contributed by atoms with E-state index in [1.165, 1.54) is 0 Å². The topological polar surface area (TPSA) is 51.0 Å². The second-order valence-electron chi connectivity index (χ2n) is 2.45. The summed E-state index contributed by atoms with van der Waals surface area (Å²) in [4.78, 5) is 4.14. The average molecular weight is 171 g/mol. The van der Waals surface area contributed by atoms with E-state index < -0.39 is 0 Å². The summed E-state index contributed by atoms with van der Waals surface area (Å²) in [6.45, 7) is 1.83. The maximum Gasteiger partial charge on any atom is 0.244 e. The molecule has 4 nitrogen and oxygen atoms in total. The number of rotatable bonds is 1. The van der Waals surface area contributed by atoms with Gasteiger partial charge in [-0.1, -0.05) is 5.16 Å². The first-order valence-corrected chi connectivity index (χ1v) is 4.63. The Morgan fingerprint density at radius 3 is 3.18 bits per heavy atom. The molecule has 1 fully saturated rings. The highest BCUT2D eigenvalue weighted by molar-refractivity contribution is 7.99. The Morgan fingerprint density at radius 2 is 2.64 bits per heavy atom. The molecule has 1 saturated heterocycles. The van der Waals surface area contributed by atoms with Crippen molar-refractivity contribution in [3.8, 4) is 0 Å². The van der Waals surface area contributed by atoms with Crippen molar-refractivity contribution < 1.29 is 4.52 Å². The van der Waals surface area contributed by atoms with Gasteiger partial charge in [-0.15, -0.1) is 11.8 Å². The van der Waals surface area contributed by atoms with Crippen LogP contribution in [0.15, 0.2) is 4.52 Å². The van der Waals surface area contributed by atoms with Crippen LogP contribution in [0, 0.1) is 6.92 Å². The van der Waals surface area contributed by atoms with Gasteiger partial charge in [0.1, 0.15) is 0 Å². The van der Waals surface area contributed by atoms with Gasteiger partial charge in [0, 0.05) is 11.6 Å². The molecular formula is C6H9N3OS. The predicted molar refractivity (Wildman–Crippen MR) is 42.2 cm³/mol. The van der Waals surface area contributed by atoms with E-state index in [-0.39, 0.29) is 6.04 Å². The van der Waals surface area contributed by atoms with Crippen LogP contribution in [-0.4, -0.2) is 21.8 Å². The Labute approximate surface area is 68.7 Å². The van der Waals surface area contributed by atoms with Crippen LogP contribution in [0.3, 0.4) is 0 Å². The minimum atomic E-state index is 0.265. The zero-order chi connectivity index (χ0) is 7.68. The van der Waals surface area contributed by atoms with Crippen molar-refractivity contribution in [3.05, 3.63) is 11.7 Å². The fraction of sp³-hybridized carbons (Fsp3) is 0.667. The van der Waals surface area contributed by atoms with Crippen LogP contribution >= 0.6 is 11.8 Å². The molecule has 0 saturated carbocycles. The largest absolute Gasteiger partial charge is 0.338 e. The van der Waals surface area contributed by atoms with Gasteiger partial charge < -0.3 is 4.52 Å². The van der Waals surface area contributed by atoms with Crippen LogP contribution < -0.4 is 5.32 Å². The van der Waals surface area contributed by atoms with Crippen LogP contribution in [0.5, 0.6) is 0 Å². The highest BCUT2D eigenvalue weighted by Crippen LogP contribution is 2.22. The van der Waals surface area contributed by atoms with E-state index in [1.807, 2.05) is 18.7 Å². The lowest BCUT2D eigenvalue weighted by Crippen LogP contribution is -2.14. The van der Waals surface area contributed by atoms with Gasteiger partial charge in [0.15, 0.2) is 5.82 Å². The molecule has 1 N–H and O–H groups in total. The fourth-order valence-corrected chi connectivity index (χ4v) is 1.94. The molecule has 1 atom stereocenters. The second kappa shape index (κ2) is 2.83. The van der Waals surface area contributed by atoms with E-state index in [9.17, 15) is 0 Å². The van der Waals surface area contributed by atoms with Gasteiger partial charge in [0.25, 0.3) is 0 Å². The Balaban J connectivity index is 2.15. The molecule has 1 aromatic rings. The van der Waals surface area contributed by atoms with Crippen LogP contribution in [0.25, 0.3) is 0 Å².